The van der Waals surface area contributed by atoms with E-state index in [9.17, 15) is 0 Å². The van der Waals surface area contributed by atoms with Crippen LogP contribution >= 0.6 is 17.2 Å². The van der Waals surface area contributed by atoms with E-state index in [2.05, 4.69) is 48.5 Å². The summed E-state index contributed by atoms with van der Waals surface area (Å²) in [6, 6.07) is 0. The molecule has 0 aromatic rings. The highest BCUT2D eigenvalue weighted by molar-refractivity contribution is 7.59. The lowest BCUT2D eigenvalue weighted by atomic mass is 10.3. The molecule has 0 radical (unpaired) electrons. The Morgan fingerprint density at radius 3 is 1.43 bits per heavy atom. The largest absolute Gasteiger partial charge is 0.109 e. The van der Waals surface area contributed by atoms with Crippen molar-refractivity contribution in [1.82, 2.24) is 0 Å². The first-order valence-electron chi connectivity index (χ1n) is 5.69. The molecule has 0 heterocycles. The molecule has 2 heteroatoms. The van der Waals surface area contributed by atoms with Gasteiger partial charge in [-0.2, -0.15) is 0 Å². The van der Waals surface area contributed by atoms with Gasteiger partial charge in [-0.25, -0.2) is 0 Å². The van der Waals surface area contributed by atoms with Gasteiger partial charge in [0.25, 0.3) is 0 Å². The maximum absolute atomic E-state index is 2.38. The van der Waals surface area contributed by atoms with Crippen LogP contribution in [0.4, 0.5) is 0 Å². The first kappa shape index (κ1) is 14.9. The molecular formula is C12H28P2. The molecule has 0 rings (SSSR count). The van der Waals surface area contributed by atoms with Gasteiger partial charge in [0.1, 0.15) is 0 Å². The molecule has 0 amide bonds. The molecule has 0 N–H and O–H groups in total. The van der Waals surface area contributed by atoms with E-state index >= 15 is 0 Å². The van der Waals surface area contributed by atoms with Crippen molar-refractivity contribution in [2.75, 3.05) is 0 Å². The van der Waals surface area contributed by atoms with Gasteiger partial charge in [0.2, 0.25) is 0 Å². The van der Waals surface area contributed by atoms with Crippen LogP contribution in [0.2, 0.25) is 0 Å². The Morgan fingerprint density at radius 2 is 1.21 bits per heavy atom. The summed E-state index contributed by atoms with van der Waals surface area (Å²) >= 11 is 0. The molecule has 2 unspecified atom stereocenters. The van der Waals surface area contributed by atoms with E-state index in [1.165, 1.54) is 12.8 Å². The van der Waals surface area contributed by atoms with Gasteiger partial charge < -0.3 is 0 Å². The predicted octanol–water partition coefficient (Wildman–Crippen LogP) is 5.07. The molecule has 0 saturated carbocycles. The molecular weight excluding hydrogens is 206 g/mol. The molecule has 2 atom stereocenters. The second kappa shape index (κ2) is 5.81. The van der Waals surface area contributed by atoms with Crippen LogP contribution in [0.1, 0.15) is 61.3 Å². The van der Waals surface area contributed by atoms with Gasteiger partial charge in [-0.1, -0.05) is 54.9 Å². The number of hydrogen-bond donors (Lipinski definition) is 0. The monoisotopic (exact) mass is 234 g/mol. The zero-order valence-corrected chi connectivity index (χ0v) is 13.0. The minimum Gasteiger partial charge on any atom is -0.109 e. The molecule has 86 valence electrons. The minimum atomic E-state index is 0.526. The van der Waals surface area contributed by atoms with Gasteiger partial charge in [-0.05, 0) is 22.1 Å². The van der Waals surface area contributed by atoms with E-state index in [1.807, 2.05) is 0 Å². The molecule has 0 saturated heterocycles. The standard InChI is InChI=1S/C12H28P2/c1-8-9-10(13-11(2,3)4)14-12(5,6)7/h10,13-14H,8-9H2,1-7H3. The fourth-order valence-corrected chi connectivity index (χ4v) is 7.36. The van der Waals surface area contributed by atoms with Crippen LogP contribution in [-0.2, 0) is 0 Å². The van der Waals surface area contributed by atoms with E-state index in [4.69, 9.17) is 0 Å². The van der Waals surface area contributed by atoms with Gasteiger partial charge in [-0.3, -0.25) is 0 Å². The lowest BCUT2D eigenvalue weighted by Crippen LogP contribution is -2.15. The van der Waals surface area contributed by atoms with Crippen molar-refractivity contribution in [3.05, 3.63) is 0 Å². The zero-order valence-electron chi connectivity index (χ0n) is 11.0. The lowest BCUT2D eigenvalue weighted by Gasteiger charge is -2.31. The minimum absolute atomic E-state index is 0.526. The Morgan fingerprint density at radius 1 is 0.857 bits per heavy atom. The predicted molar refractivity (Wildman–Crippen MR) is 74.8 cm³/mol. The topological polar surface area (TPSA) is 0 Å². The van der Waals surface area contributed by atoms with Crippen LogP contribution in [0.3, 0.4) is 0 Å². The average molecular weight is 234 g/mol. The smallest absolute Gasteiger partial charge is 0.00519 e. The van der Waals surface area contributed by atoms with Crippen molar-refractivity contribution in [3.63, 3.8) is 0 Å². The van der Waals surface area contributed by atoms with Gasteiger partial charge in [0, 0.05) is 0 Å². The SMILES string of the molecule is CCCC(PC(C)(C)C)PC(C)(C)C. The Hall–Kier alpha value is 0.860. The molecule has 0 nitrogen and oxygen atoms in total. The third-order valence-corrected chi connectivity index (χ3v) is 5.66. The van der Waals surface area contributed by atoms with E-state index in [1.54, 1.807) is 0 Å². The molecule has 0 aromatic heterocycles. The summed E-state index contributed by atoms with van der Waals surface area (Å²) < 4.78 is 0. The van der Waals surface area contributed by atoms with E-state index in [0.29, 0.717) is 10.3 Å². The summed E-state index contributed by atoms with van der Waals surface area (Å²) in [5.74, 6) is 0. The summed E-state index contributed by atoms with van der Waals surface area (Å²) in [6.07, 6.45) is 2.77. The Bertz CT molecular complexity index is 135. The summed E-state index contributed by atoms with van der Waals surface area (Å²) in [5.41, 5.74) is 0. The molecule has 0 fully saturated rings. The molecule has 0 aliphatic rings. The van der Waals surface area contributed by atoms with Crippen LogP contribution in [-0.4, -0.2) is 15.7 Å². The maximum Gasteiger partial charge on any atom is -0.00519 e. The number of hydrogen-bond acceptors (Lipinski definition) is 0. The zero-order chi connectivity index (χ0) is 11.4. The Balaban J connectivity index is 4.16. The Kier molecular flexibility index (Phi) is 6.17. The van der Waals surface area contributed by atoms with Crippen LogP contribution in [0.15, 0.2) is 0 Å². The third kappa shape index (κ3) is 9.42. The summed E-state index contributed by atoms with van der Waals surface area (Å²) in [7, 11) is 2.25. The fraction of sp³-hybridized carbons (Fsp3) is 1.00. The van der Waals surface area contributed by atoms with Crippen LogP contribution in [0.5, 0.6) is 0 Å². The van der Waals surface area contributed by atoms with Crippen LogP contribution in [0, 0.1) is 0 Å². The second-order valence-corrected chi connectivity index (χ2v) is 11.7. The van der Waals surface area contributed by atoms with E-state index in [0.717, 1.165) is 22.6 Å². The van der Waals surface area contributed by atoms with Crippen molar-refractivity contribution in [1.29, 1.82) is 0 Å². The lowest BCUT2D eigenvalue weighted by molar-refractivity contribution is 0.756. The molecule has 0 aliphatic heterocycles. The second-order valence-electron chi connectivity index (χ2n) is 6.13. The highest BCUT2D eigenvalue weighted by Gasteiger charge is 2.22. The van der Waals surface area contributed by atoms with Crippen molar-refractivity contribution >= 4 is 17.2 Å². The average Bonchev–Trinajstić information content (AvgIpc) is 1.78. The third-order valence-electron chi connectivity index (χ3n) is 1.79. The van der Waals surface area contributed by atoms with Crippen molar-refractivity contribution < 1.29 is 0 Å². The first-order chi connectivity index (χ1) is 6.14. The Labute approximate surface area is 94.6 Å². The van der Waals surface area contributed by atoms with Gasteiger partial charge >= 0.3 is 0 Å². The summed E-state index contributed by atoms with van der Waals surface area (Å²) in [5, 5.41) is 2.02. The highest BCUT2D eigenvalue weighted by atomic mass is 31.1. The molecule has 0 aliphatic carbocycles. The first-order valence-corrected chi connectivity index (χ1v) is 7.85. The van der Waals surface area contributed by atoms with E-state index in [-0.39, 0.29) is 0 Å². The van der Waals surface area contributed by atoms with Gasteiger partial charge in [0.05, 0.1) is 0 Å². The van der Waals surface area contributed by atoms with Crippen molar-refractivity contribution in [3.8, 4) is 0 Å². The van der Waals surface area contributed by atoms with Crippen LogP contribution in [0.25, 0.3) is 0 Å². The fourth-order valence-electron chi connectivity index (χ4n) is 1.51. The van der Waals surface area contributed by atoms with Gasteiger partial charge in [-0.15, -0.1) is 17.2 Å². The molecule has 0 aromatic carbocycles. The number of rotatable bonds is 4. The van der Waals surface area contributed by atoms with Crippen molar-refractivity contribution in [2.45, 2.75) is 77.0 Å². The summed E-state index contributed by atoms with van der Waals surface area (Å²) in [4.78, 5) is 0. The molecule has 14 heavy (non-hydrogen) atoms. The quantitative estimate of drug-likeness (QED) is 0.596. The summed E-state index contributed by atoms with van der Waals surface area (Å²) in [6.45, 7) is 16.6. The van der Waals surface area contributed by atoms with Crippen LogP contribution < -0.4 is 0 Å². The normalized spacial score (nSPS) is 17.4. The highest BCUT2D eigenvalue weighted by Crippen LogP contribution is 2.50. The molecule has 0 spiro atoms. The maximum atomic E-state index is 2.38. The van der Waals surface area contributed by atoms with Gasteiger partial charge in [0.15, 0.2) is 0 Å². The van der Waals surface area contributed by atoms with E-state index < -0.39 is 0 Å². The van der Waals surface area contributed by atoms with Crippen molar-refractivity contribution in [2.24, 2.45) is 0 Å². The molecule has 0 bridgehead atoms.